The molecular formula is C19H17Cl2N3S. The van der Waals surface area contributed by atoms with Gasteiger partial charge in [-0.3, -0.25) is 4.57 Å². The van der Waals surface area contributed by atoms with Crippen LogP contribution in [0.25, 0.3) is 11.4 Å². The first-order valence-electron chi connectivity index (χ1n) is 7.77. The van der Waals surface area contributed by atoms with Crippen molar-refractivity contribution in [3.8, 4) is 11.4 Å². The highest BCUT2D eigenvalue weighted by Crippen LogP contribution is 2.32. The van der Waals surface area contributed by atoms with E-state index in [0.29, 0.717) is 22.3 Å². The van der Waals surface area contributed by atoms with Crippen LogP contribution >= 0.6 is 35.0 Å². The van der Waals surface area contributed by atoms with Gasteiger partial charge >= 0.3 is 0 Å². The third-order valence-electron chi connectivity index (χ3n) is 3.82. The van der Waals surface area contributed by atoms with Crippen molar-refractivity contribution < 1.29 is 0 Å². The van der Waals surface area contributed by atoms with E-state index < -0.39 is 0 Å². The largest absolute Gasteiger partial charge is 0.298 e. The van der Waals surface area contributed by atoms with Crippen molar-refractivity contribution in [2.24, 2.45) is 0 Å². The summed E-state index contributed by atoms with van der Waals surface area (Å²) in [6.45, 7) is 6.55. The van der Waals surface area contributed by atoms with E-state index in [9.17, 15) is 0 Å². The maximum absolute atomic E-state index is 6.26. The molecule has 1 aromatic heterocycles. The van der Waals surface area contributed by atoms with Gasteiger partial charge in [0.2, 0.25) is 0 Å². The van der Waals surface area contributed by atoms with E-state index in [1.165, 1.54) is 0 Å². The number of thioether (sulfide) groups is 1. The number of halogens is 2. The standard InChI is InChI=1S/C19H17Cl2N3S/c1-3-11-24-18(14-8-5-4-7-13(14)2)22-23-19(24)25-12-15-16(20)9-6-10-17(15)21/h3-10H,1,11-12H2,2H3. The molecule has 0 saturated carbocycles. The third-order valence-corrected chi connectivity index (χ3v) is 5.52. The Balaban J connectivity index is 1.92. The molecule has 3 aromatic rings. The molecule has 0 aliphatic carbocycles. The zero-order valence-electron chi connectivity index (χ0n) is 13.7. The first kappa shape index (κ1) is 18.1. The second kappa shape index (κ2) is 8.09. The number of aromatic nitrogens is 3. The van der Waals surface area contributed by atoms with Crippen molar-refractivity contribution in [3.63, 3.8) is 0 Å². The fraction of sp³-hybridized carbons (Fsp3) is 0.158. The van der Waals surface area contributed by atoms with Crippen LogP contribution in [0.1, 0.15) is 11.1 Å². The second-order valence-electron chi connectivity index (χ2n) is 5.51. The first-order chi connectivity index (χ1) is 12.1. The van der Waals surface area contributed by atoms with Gasteiger partial charge in [-0.1, -0.05) is 71.4 Å². The Morgan fingerprint density at radius 1 is 1.08 bits per heavy atom. The molecular weight excluding hydrogens is 373 g/mol. The van der Waals surface area contributed by atoms with Crippen LogP contribution in [0.5, 0.6) is 0 Å². The van der Waals surface area contributed by atoms with Crippen molar-refractivity contribution >= 4 is 35.0 Å². The van der Waals surface area contributed by atoms with Gasteiger partial charge in [0.05, 0.1) is 0 Å². The Kier molecular flexibility index (Phi) is 5.84. The van der Waals surface area contributed by atoms with E-state index in [2.05, 4.69) is 40.4 Å². The number of hydrogen-bond donors (Lipinski definition) is 0. The molecule has 3 rings (SSSR count). The molecule has 0 fully saturated rings. The van der Waals surface area contributed by atoms with Crippen molar-refractivity contribution in [2.75, 3.05) is 0 Å². The summed E-state index contributed by atoms with van der Waals surface area (Å²) in [5.74, 6) is 1.47. The molecule has 0 N–H and O–H groups in total. The van der Waals surface area contributed by atoms with E-state index in [4.69, 9.17) is 23.2 Å². The summed E-state index contributed by atoms with van der Waals surface area (Å²) >= 11 is 14.1. The summed E-state index contributed by atoms with van der Waals surface area (Å²) in [6, 6.07) is 13.7. The van der Waals surface area contributed by atoms with E-state index >= 15 is 0 Å². The van der Waals surface area contributed by atoms with Crippen LogP contribution in [0.2, 0.25) is 10.0 Å². The van der Waals surface area contributed by atoms with Gasteiger partial charge in [-0.2, -0.15) is 0 Å². The van der Waals surface area contributed by atoms with Crippen LogP contribution < -0.4 is 0 Å². The predicted octanol–water partition coefficient (Wildman–Crippen LogP) is 6.04. The summed E-state index contributed by atoms with van der Waals surface area (Å²) < 4.78 is 2.06. The molecule has 128 valence electrons. The van der Waals surface area contributed by atoms with E-state index in [0.717, 1.165) is 27.7 Å². The zero-order valence-corrected chi connectivity index (χ0v) is 16.1. The van der Waals surface area contributed by atoms with Gasteiger partial charge in [0.15, 0.2) is 11.0 Å². The fourth-order valence-electron chi connectivity index (χ4n) is 2.52. The van der Waals surface area contributed by atoms with Crippen LogP contribution in [0.3, 0.4) is 0 Å². The van der Waals surface area contributed by atoms with Gasteiger partial charge in [-0.15, -0.1) is 16.8 Å². The average Bonchev–Trinajstić information content (AvgIpc) is 2.98. The number of benzene rings is 2. The second-order valence-corrected chi connectivity index (χ2v) is 7.27. The van der Waals surface area contributed by atoms with Gasteiger partial charge in [0.25, 0.3) is 0 Å². The van der Waals surface area contributed by atoms with E-state index in [1.54, 1.807) is 11.8 Å². The highest BCUT2D eigenvalue weighted by Gasteiger charge is 2.16. The molecule has 0 radical (unpaired) electrons. The van der Waals surface area contributed by atoms with Gasteiger partial charge in [0.1, 0.15) is 0 Å². The maximum atomic E-state index is 6.26. The topological polar surface area (TPSA) is 30.7 Å². The summed E-state index contributed by atoms with van der Waals surface area (Å²) in [5.41, 5.74) is 3.13. The lowest BCUT2D eigenvalue weighted by molar-refractivity contribution is 0.731. The number of rotatable bonds is 6. The van der Waals surface area contributed by atoms with Crippen LogP contribution in [0.4, 0.5) is 0 Å². The van der Waals surface area contributed by atoms with Crippen LogP contribution in [0, 0.1) is 6.92 Å². The van der Waals surface area contributed by atoms with Gasteiger partial charge in [0, 0.05) is 27.9 Å². The van der Waals surface area contributed by atoms with Crippen LogP contribution in [0.15, 0.2) is 60.3 Å². The lowest BCUT2D eigenvalue weighted by Crippen LogP contribution is -2.01. The lowest BCUT2D eigenvalue weighted by Gasteiger charge is -2.10. The SMILES string of the molecule is C=CCn1c(SCc2c(Cl)cccc2Cl)nnc1-c1ccccc1C. The molecule has 0 aliphatic heterocycles. The summed E-state index contributed by atoms with van der Waals surface area (Å²) in [6.07, 6.45) is 1.84. The van der Waals surface area contributed by atoms with Crippen molar-refractivity contribution in [1.82, 2.24) is 14.8 Å². The Morgan fingerprint density at radius 2 is 1.80 bits per heavy atom. The van der Waals surface area contributed by atoms with E-state index in [-0.39, 0.29) is 0 Å². The molecule has 3 nitrogen and oxygen atoms in total. The Morgan fingerprint density at radius 3 is 2.48 bits per heavy atom. The first-order valence-corrected chi connectivity index (χ1v) is 9.51. The average molecular weight is 390 g/mol. The van der Waals surface area contributed by atoms with Crippen LogP contribution in [-0.2, 0) is 12.3 Å². The minimum absolute atomic E-state index is 0.627. The van der Waals surface area contributed by atoms with E-state index in [1.807, 2.05) is 36.4 Å². The number of aryl methyl sites for hydroxylation is 1. The molecule has 1 heterocycles. The zero-order chi connectivity index (χ0) is 17.8. The fourth-order valence-corrected chi connectivity index (χ4v) is 4.21. The summed E-state index contributed by atoms with van der Waals surface area (Å²) in [7, 11) is 0. The summed E-state index contributed by atoms with van der Waals surface area (Å²) in [4.78, 5) is 0. The van der Waals surface area contributed by atoms with Crippen molar-refractivity contribution in [2.45, 2.75) is 24.4 Å². The molecule has 0 spiro atoms. The molecule has 0 amide bonds. The Bertz CT molecular complexity index is 885. The molecule has 25 heavy (non-hydrogen) atoms. The minimum atomic E-state index is 0.627. The molecule has 0 unspecified atom stereocenters. The quantitative estimate of drug-likeness (QED) is 0.380. The molecule has 6 heteroatoms. The molecule has 0 saturated heterocycles. The highest BCUT2D eigenvalue weighted by molar-refractivity contribution is 7.98. The summed E-state index contributed by atoms with van der Waals surface area (Å²) in [5, 5.41) is 10.9. The monoisotopic (exact) mass is 389 g/mol. The van der Waals surface area contributed by atoms with Crippen LogP contribution in [-0.4, -0.2) is 14.8 Å². The third kappa shape index (κ3) is 3.92. The number of nitrogens with zero attached hydrogens (tertiary/aromatic N) is 3. The molecule has 0 aliphatic rings. The Labute approximate surface area is 161 Å². The van der Waals surface area contributed by atoms with Crippen molar-refractivity contribution in [1.29, 1.82) is 0 Å². The molecule has 0 bridgehead atoms. The normalized spacial score (nSPS) is 10.8. The highest BCUT2D eigenvalue weighted by atomic mass is 35.5. The number of allylic oxidation sites excluding steroid dienone is 1. The smallest absolute Gasteiger partial charge is 0.192 e. The van der Waals surface area contributed by atoms with Gasteiger partial charge in [-0.05, 0) is 30.2 Å². The maximum Gasteiger partial charge on any atom is 0.192 e. The minimum Gasteiger partial charge on any atom is -0.298 e. The van der Waals surface area contributed by atoms with Gasteiger partial charge < -0.3 is 0 Å². The van der Waals surface area contributed by atoms with Gasteiger partial charge in [-0.25, -0.2) is 0 Å². The molecule has 0 atom stereocenters. The number of hydrogen-bond acceptors (Lipinski definition) is 3. The predicted molar refractivity (Wildman–Crippen MR) is 106 cm³/mol. The Hall–Kier alpha value is -1.75. The van der Waals surface area contributed by atoms with Crippen molar-refractivity contribution in [3.05, 3.63) is 76.3 Å². The molecule has 2 aromatic carbocycles. The lowest BCUT2D eigenvalue weighted by atomic mass is 10.1.